The fraction of sp³-hybridized carbons (Fsp3) is 0.857. The zero-order valence-corrected chi connectivity index (χ0v) is 13.0. The summed E-state index contributed by atoms with van der Waals surface area (Å²) in [6.45, 7) is 0. The van der Waals surface area contributed by atoms with Gasteiger partial charge in [0, 0.05) is 0 Å². The normalized spacial score (nSPS) is 18.7. The van der Waals surface area contributed by atoms with Crippen LogP contribution in [0, 0.1) is 0 Å². The molecule has 2 unspecified atom stereocenters. The van der Waals surface area contributed by atoms with Crippen LogP contribution in [0.2, 0.25) is 0 Å². The number of alkyl halides is 10. The van der Waals surface area contributed by atoms with Crippen molar-refractivity contribution in [3.63, 3.8) is 0 Å². The van der Waals surface area contributed by atoms with E-state index in [-0.39, 0.29) is 0 Å². The Morgan fingerprint density at radius 1 is 0.704 bits per heavy atom. The van der Waals surface area contributed by atoms with Crippen LogP contribution in [0.25, 0.3) is 0 Å². The van der Waals surface area contributed by atoms with E-state index < -0.39 is 60.7 Å². The van der Waals surface area contributed by atoms with E-state index in [0.717, 1.165) is 0 Å². The van der Waals surface area contributed by atoms with Gasteiger partial charge >= 0.3 is 55.2 Å². The molecule has 0 aliphatic carbocycles. The maximum absolute atomic E-state index is 13.3. The average molecular weight is 476 g/mol. The van der Waals surface area contributed by atoms with E-state index in [2.05, 4.69) is 0 Å². The lowest BCUT2D eigenvalue weighted by Gasteiger charge is -2.39. The second kappa shape index (κ2) is 6.34. The molecule has 0 rings (SSSR count). The predicted molar refractivity (Wildman–Crippen MR) is 54.7 cm³/mol. The molecule has 0 saturated heterocycles. The van der Waals surface area contributed by atoms with Crippen LogP contribution in [0.4, 0.5) is 56.1 Å². The quantitative estimate of drug-likeness (QED) is 0.397. The van der Waals surface area contributed by atoms with Gasteiger partial charge in [0.15, 0.2) is 0 Å². The zero-order valence-electron chi connectivity index (χ0n) is 11.3. The van der Waals surface area contributed by atoms with Crippen molar-refractivity contribution in [2.75, 3.05) is 0 Å². The monoisotopic (exact) mass is 476 g/mol. The molecule has 0 N–H and O–H groups in total. The minimum Gasteiger partial charge on any atom is -0.256 e. The molecule has 5 nitrogen and oxygen atoms in total. The van der Waals surface area contributed by atoms with Gasteiger partial charge in [0.05, 0.1) is 0 Å². The smallest absolute Gasteiger partial charge is 0.256 e. The number of rotatable bonds is 8. The van der Waals surface area contributed by atoms with Crippen LogP contribution in [0.15, 0.2) is 0 Å². The molecule has 0 aromatic rings. The second-order valence-electron chi connectivity index (χ2n) is 4.44. The maximum atomic E-state index is 13.3. The van der Waals surface area contributed by atoms with Crippen LogP contribution in [-0.2, 0) is 25.2 Å². The molecule has 0 heterocycles. The largest absolute Gasteiger partial charge is 0.395 e. The molecule has 0 saturated carbocycles. The number of carbonyl (C=O) groups is 1. The number of halogens is 13. The molecule has 0 radical (unpaired) electrons. The highest BCUT2D eigenvalue weighted by Crippen LogP contribution is 2.59. The second-order valence-corrected chi connectivity index (χ2v) is 7.25. The fourth-order valence-electron chi connectivity index (χ4n) is 1.30. The van der Waals surface area contributed by atoms with E-state index in [1.165, 1.54) is 0 Å². The Labute approximate surface area is 139 Å². The Kier molecular flexibility index (Phi) is 6.03. The molecule has 0 spiro atoms. The van der Waals surface area contributed by atoms with Crippen LogP contribution in [0.5, 0.6) is 0 Å². The number of hydrogen-bond acceptors (Lipinski definition) is 5. The van der Waals surface area contributed by atoms with Crippen molar-refractivity contribution in [1.29, 1.82) is 0 Å². The van der Waals surface area contributed by atoms with E-state index in [4.69, 9.17) is 0 Å². The summed E-state index contributed by atoms with van der Waals surface area (Å²) in [7, 11) is -15.8. The van der Waals surface area contributed by atoms with E-state index in [9.17, 15) is 77.7 Å². The molecule has 0 aromatic heterocycles. The average Bonchev–Trinajstić information content (AvgIpc) is 2.41. The Bertz CT molecular complexity index is 818. The van der Waals surface area contributed by atoms with Crippen LogP contribution >= 0.6 is 0 Å². The molecule has 0 bridgehead atoms. The van der Waals surface area contributed by atoms with Gasteiger partial charge in [0.25, 0.3) is 5.50 Å². The summed E-state index contributed by atoms with van der Waals surface area (Å²) in [6.07, 6.45) is 0. The van der Waals surface area contributed by atoms with E-state index in [0.29, 0.717) is 0 Å². The fourth-order valence-corrected chi connectivity index (χ4v) is 2.43. The third kappa shape index (κ3) is 3.33. The summed E-state index contributed by atoms with van der Waals surface area (Å²) in [4.78, 5) is 9.94. The summed E-state index contributed by atoms with van der Waals surface area (Å²) in [5.41, 5.74) is -6.02. The number of carbonyl (C=O) groups excluding carboxylic acids is 1. The highest BCUT2D eigenvalue weighted by molar-refractivity contribution is 7.88. The van der Waals surface area contributed by atoms with Crippen LogP contribution in [-0.4, -0.2) is 57.1 Å². The summed E-state index contributed by atoms with van der Waals surface area (Å²) in [5, 5.41) is -7.55. The van der Waals surface area contributed by atoms with Crippen molar-refractivity contribution in [3.8, 4) is 0 Å². The lowest BCUT2D eigenvalue weighted by atomic mass is 9.95. The van der Waals surface area contributed by atoms with Gasteiger partial charge in [-0.2, -0.15) is 56.3 Å². The first-order valence-corrected chi connectivity index (χ1v) is 8.10. The molecule has 27 heavy (non-hydrogen) atoms. The van der Waals surface area contributed by atoms with Crippen LogP contribution in [0.1, 0.15) is 0 Å². The summed E-state index contributed by atoms with van der Waals surface area (Å²) in [5.74, 6) is -32.6. The van der Waals surface area contributed by atoms with E-state index >= 15 is 0 Å². The Hall–Kier alpha value is -1.34. The lowest BCUT2D eigenvalue weighted by molar-refractivity contribution is -0.380. The molecule has 20 heteroatoms. The zero-order chi connectivity index (χ0) is 22.7. The lowest BCUT2D eigenvalue weighted by Crippen LogP contribution is -2.72. The third-order valence-electron chi connectivity index (χ3n) is 2.73. The third-order valence-corrected chi connectivity index (χ3v) is 4.61. The van der Waals surface area contributed by atoms with Crippen molar-refractivity contribution in [2.24, 2.45) is 0 Å². The minimum absolute atomic E-state index is 4.93. The summed E-state index contributed by atoms with van der Waals surface area (Å²) >= 11 is 0. The highest BCUT2D eigenvalue weighted by atomic mass is 32.3. The topological polar surface area (TPSA) is 85.3 Å². The van der Waals surface area contributed by atoms with E-state index in [1.54, 1.807) is 0 Å². The molecule has 0 amide bonds. The highest BCUT2D eigenvalue weighted by Gasteiger charge is 2.91. The summed E-state index contributed by atoms with van der Waals surface area (Å²) < 4.78 is 207. The Morgan fingerprint density at radius 3 is 1.26 bits per heavy atom. The van der Waals surface area contributed by atoms with Crippen molar-refractivity contribution < 1.29 is 77.7 Å². The molecule has 2 atom stereocenters. The molecular formula is C7HF13O5S2. The molecule has 0 aromatic carbocycles. The predicted octanol–water partition coefficient (Wildman–Crippen LogP) is 2.58. The van der Waals surface area contributed by atoms with Gasteiger partial charge in [-0.15, -0.1) is 7.77 Å². The van der Waals surface area contributed by atoms with Gasteiger partial charge in [-0.05, 0) is 0 Å². The first-order valence-electron chi connectivity index (χ1n) is 5.27. The van der Waals surface area contributed by atoms with Crippen LogP contribution in [0.3, 0.4) is 0 Å². The van der Waals surface area contributed by atoms with Gasteiger partial charge in [-0.25, -0.2) is 8.78 Å². The first-order chi connectivity index (χ1) is 11.3. The molecule has 0 aliphatic rings. The van der Waals surface area contributed by atoms with E-state index in [1.807, 2.05) is 0 Å². The minimum atomic E-state index is -8.39. The number of hydrogen-bond donors (Lipinski definition) is 0. The van der Waals surface area contributed by atoms with Gasteiger partial charge in [-0.3, -0.25) is 4.79 Å². The van der Waals surface area contributed by atoms with Crippen molar-refractivity contribution in [1.82, 2.24) is 0 Å². The standard InChI is InChI=1S/C7HF13O5S2/c8-1(21)4(12,27(20,24)25)6(15,16)7(17,18)5(13,14)3(10,11)2(9)26(19,22)23/h2H. The van der Waals surface area contributed by atoms with Gasteiger partial charge < -0.3 is 0 Å². The maximum Gasteiger partial charge on any atom is 0.395 e. The molecule has 162 valence electrons. The van der Waals surface area contributed by atoms with Crippen molar-refractivity contribution in [3.05, 3.63) is 0 Å². The Morgan fingerprint density at radius 2 is 1.04 bits per heavy atom. The van der Waals surface area contributed by atoms with Gasteiger partial charge in [-0.1, -0.05) is 0 Å². The van der Waals surface area contributed by atoms with Crippen molar-refractivity contribution >= 4 is 26.5 Å². The summed E-state index contributed by atoms with van der Waals surface area (Å²) in [6, 6.07) is -4.93. The van der Waals surface area contributed by atoms with Gasteiger partial charge in [0.2, 0.25) is 0 Å². The van der Waals surface area contributed by atoms with Gasteiger partial charge in [0.1, 0.15) is 0 Å². The molecular weight excluding hydrogens is 475 g/mol. The first kappa shape index (κ1) is 25.7. The SMILES string of the molecule is O=C(F)C(F)(C(F)(F)C(F)(F)C(F)(F)C(F)(F)C(F)S(=O)(=O)F)S(=O)(=O)F. The van der Waals surface area contributed by atoms with Crippen LogP contribution < -0.4 is 0 Å². The molecule has 0 fully saturated rings. The Balaban J connectivity index is 6.91. The molecule has 0 aliphatic heterocycles. The van der Waals surface area contributed by atoms with Crippen molar-refractivity contribution in [2.45, 2.75) is 34.2 Å².